The SMILES string of the molecule is COc1cncc(-c2cc(N)on2)c1. The maximum absolute atomic E-state index is 5.41. The minimum atomic E-state index is 0.280. The van der Waals surface area contributed by atoms with Crippen molar-refractivity contribution in [3.8, 4) is 17.0 Å². The molecular weight excluding hydrogens is 182 g/mol. The number of ether oxygens (including phenoxy) is 1. The van der Waals surface area contributed by atoms with Crippen molar-refractivity contribution in [2.75, 3.05) is 12.8 Å². The van der Waals surface area contributed by atoms with Gasteiger partial charge in [0.25, 0.3) is 0 Å². The van der Waals surface area contributed by atoms with Gasteiger partial charge in [-0.3, -0.25) is 4.98 Å². The van der Waals surface area contributed by atoms with Crippen molar-refractivity contribution in [1.82, 2.24) is 10.1 Å². The van der Waals surface area contributed by atoms with E-state index >= 15 is 0 Å². The van der Waals surface area contributed by atoms with Crippen LogP contribution in [0.25, 0.3) is 11.3 Å². The first-order chi connectivity index (χ1) is 6.79. The summed E-state index contributed by atoms with van der Waals surface area (Å²) in [5.74, 6) is 0.951. The quantitative estimate of drug-likeness (QED) is 0.775. The van der Waals surface area contributed by atoms with Crippen LogP contribution >= 0.6 is 0 Å². The number of pyridine rings is 1. The topological polar surface area (TPSA) is 74.2 Å². The van der Waals surface area contributed by atoms with E-state index in [1.807, 2.05) is 6.07 Å². The molecule has 0 saturated heterocycles. The Labute approximate surface area is 80.5 Å². The normalized spacial score (nSPS) is 10.1. The highest BCUT2D eigenvalue weighted by Gasteiger charge is 2.05. The summed E-state index contributed by atoms with van der Waals surface area (Å²) < 4.78 is 9.78. The molecule has 72 valence electrons. The molecule has 5 heteroatoms. The number of nitrogen functional groups attached to an aromatic ring is 1. The van der Waals surface area contributed by atoms with E-state index in [2.05, 4.69) is 10.1 Å². The van der Waals surface area contributed by atoms with Crippen LogP contribution in [0.5, 0.6) is 5.75 Å². The molecule has 0 unspecified atom stereocenters. The summed E-state index contributed by atoms with van der Waals surface area (Å²) in [6.07, 6.45) is 3.28. The molecule has 2 aromatic heterocycles. The Bertz CT molecular complexity index is 439. The zero-order valence-electron chi connectivity index (χ0n) is 7.60. The van der Waals surface area contributed by atoms with Crippen LogP contribution in [0.4, 0.5) is 5.88 Å². The highest BCUT2D eigenvalue weighted by atomic mass is 16.5. The molecule has 0 aliphatic rings. The predicted octanol–water partition coefficient (Wildman–Crippen LogP) is 1.33. The van der Waals surface area contributed by atoms with E-state index in [0.29, 0.717) is 11.4 Å². The van der Waals surface area contributed by atoms with Crippen molar-refractivity contribution >= 4 is 5.88 Å². The highest BCUT2D eigenvalue weighted by Crippen LogP contribution is 2.22. The van der Waals surface area contributed by atoms with Gasteiger partial charge < -0.3 is 15.0 Å². The summed E-state index contributed by atoms with van der Waals surface area (Å²) >= 11 is 0. The molecule has 0 aromatic carbocycles. The largest absolute Gasteiger partial charge is 0.495 e. The smallest absolute Gasteiger partial charge is 0.222 e. The Morgan fingerprint density at radius 3 is 2.86 bits per heavy atom. The summed E-state index contributed by atoms with van der Waals surface area (Å²) in [5.41, 5.74) is 6.86. The standard InChI is InChI=1S/C9H9N3O2/c1-13-7-2-6(4-11-5-7)8-3-9(10)14-12-8/h2-5H,10H2,1H3. The number of hydrogen-bond donors (Lipinski definition) is 1. The molecule has 2 aromatic rings. The van der Waals surface area contributed by atoms with Crippen LogP contribution in [0, 0.1) is 0 Å². The first-order valence-corrected chi connectivity index (χ1v) is 4.01. The lowest BCUT2D eigenvalue weighted by Gasteiger charge is -1.99. The van der Waals surface area contributed by atoms with Gasteiger partial charge in [-0.05, 0) is 6.07 Å². The summed E-state index contributed by atoms with van der Waals surface area (Å²) in [6, 6.07) is 3.45. The van der Waals surface area contributed by atoms with Gasteiger partial charge >= 0.3 is 0 Å². The van der Waals surface area contributed by atoms with Gasteiger partial charge in [0, 0.05) is 17.8 Å². The number of methoxy groups -OCH3 is 1. The van der Waals surface area contributed by atoms with Gasteiger partial charge in [0.15, 0.2) is 0 Å². The van der Waals surface area contributed by atoms with Crippen LogP contribution in [-0.2, 0) is 0 Å². The van der Waals surface area contributed by atoms with Gasteiger partial charge in [-0.1, -0.05) is 5.16 Å². The van der Waals surface area contributed by atoms with Gasteiger partial charge in [-0.25, -0.2) is 0 Å². The summed E-state index contributed by atoms with van der Waals surface area (Å²) in [7, 11) is 1.58. The Morgan fingerprint density at radius 2 is 2.21 bits per heavy atom. The third-order valence-electron chi connectivity index (χ3n) is 1.77. The van der Waals surface area contributed by atoms with Gasteiger partial charge in [-0.15, -0.1) is 0 Å². The minimum Gasteiger partial charge on any atom is -0.495 e. The Kier molecular flexibility index (Phi) is 2.06. The van der Waals surface area contributed by atoms with E-state index in [-0.39, 0.29) is 5.88 Å². The first-order valence-electron chi connectivity index (χ1n) is 4.01. The van der Waals surface area contributed by atoms with Crippen LogP contribution < -0.4 is 10.5 Å². The zero-order valence-corrected chi connectivity index (χ0v) is 7.60. The summed E-state index contributed by atoms with van der Waals surface area (Å²) in [6.45, 7) is 0. The van der Waals surface area contributed by atoms with E-state index in [1.165, 1.54) is 0 Å². The zero-order chi connectivity index (χ0) is 9.97. The van der Waals surface area contributed by atoms with E-state index in [1.54, 1.807) is 25.6 Å². The number of rotatable bonds is 2. The molecule has 0 amide bonds. The van der Waals surface area contributed by atoms with Crippen molar-refractivity contribution in [2.24, 2.45) is 0 Å². The third-order valence-corrected chi connectivity index (χ3v) is 1.77. The van der Waals surface area contributed by atoms with E-state index in [9.17, 15) is 0 Å². The molecule has 0 aliphatic heterocycles. The fourth-order valence-corrected chi connectivity index (χ4v) is 1.10. The van der Waals surface area contributed by atoms with Gasteiger partial charge in [-0.2, -0.15) is 0 Å². The molecular formula is C9H9N3O2. The molecule has 2 N–H and O–H groups in total. The van der Waals surface area contributed by atoms with Crippen molar-refractivity contribution < 1.29 is 9.26 Å². The number of hydrogen-bond acceptors (Lipinski definition) is 5. The van der Waals surface area contributed by atoms with Crippen LogP contribution in [0.3, 0.4) is 0 Å². The van der Waals surface area contributed by atoms with Gasteiger partial charge in [0.05, 0.1) is 13.3 Å². The van der Waals surface area contributed by atoms with Crippen LogP contribution in [0.15, 0.2) is 29.0 Å². The lowest BCUT2D eigenvalue weighted by molar-refractivity contribution is 0.413. The van der Waals surface area contributed by atoms with E-state index in [0.717, 1.165) is 5.56 Å². The Hall–Kier alpha value is -2.04. The van der Waals surface area contributed by atoms with E-state index < -0.39 is 0 Å². The first kappa shape index (κ1) is 8.55. The Morgan fingerprint density at radius 1 is 1.36 bits per heavy atom. The molecule has 0 bridgehead atoms. The second-order valence-corrected chi connectivity index (χ2v) is 2.73. The molecule has 0 fully saturated rings. The lowest BCUT2D eigenvalue weighted by atomic mass is 10.2. The van der Waals surface area contributed by atoms with Crippen LogP contribution in [-0.4, -0.2) is 17.3 Å². The number of nitrogens with two attached hydrogens (primary N) is 1. The number of anilines is 1. The summed E-state index contributed by atoms with van der Waals surface area (Å²) in [5, 5.41) is 3.77. The average Bonchev–Trinajstić information content (AvgIpc) is 2.65. The maximum atomic E-state index is 5.41. The molecule has 14 heavy (non-hydrogen) atoms. The molecule has 2 rings (SSSR count). The maximum Gasteiger partial charge on any atom is 0.222 e. The van der Waals surface area contributed by atoms with Gasteiger partial charge in [0.2, 0.25) is 5.88 Å². The lowest BCUT2D eigenvalue weighted by Crippen LogP contribution is -1.85. The fourth-order valence-electron chi connectivity index (χ4n) is 1.10. The average molecular weight is 191 g/mol. The fraction of sp³-hybridized carbons (Fsp3) is 0.111. The number of aromatic nitrogens is 2. The molecule has 0 saturated carbocycles. The van der Waals surface area contributed by atoms with Crippen molar-refractivity contribution in [3.05, 3.63) is 24.5 Å². The van der Waals surface area contributed by atoms with E-state index in [4.69, 9.17) is 15.0 Å². The van der Waals surface area contributed by atoms with Crippen molar-refractivity contribution in [2.45, 2.75) is 0 Å². The predicted molar refractivity (Wildman–Crippen MR) is 50.7 cm³/mol. The molecule has 2 heterocycles. The van der Waals surface area contributed by atoms with Crippen LogP contribution in [0.1, 0.15) is 0 Å². The second-order valence-electron chi connectivity index (χ2n) is 2.73. The van der Waals surface area contributed by atoms with Crippen molar-refractivity contribution in [1.29, 1.82) is 0 Å². The third kappa shape index (κ3) is 1.52. The monoisotopic (exact) mass is 191 g/mol. The molecule has 0 aliphatic carbocycles. The highest BCUT2D eigenvalue weighted by molar-refractivity contribution is 5.61. The molecule has 0 spiro atoms. The number of nitrogens with zero attached hydrogens (tertiary/aromatic N) is 2. The molecule has 0 radical (unpaired) electrons. The van der Waals surface area contributed by atoms with Crippen molar-refractivity contribution in [3.63, 3.8) is 0 Å². The van der Waals surface area contributed by atoms with Crippen LogP contribution in [0.2, 0.25) is 0 Å². The minimum absolute atomic E-state index is 0.280. The summed E-state index contributed by atoms with van der Waals surface area (Å²) in [4.78, 5) is 3.99. The molecule has 0 atom stereocenters. The Balaban J connectivity index is 2.41. The second kappa shape index (κ2) is 3.37. The van der Waals surface area contributed by atoms with Gasteiger partial charge in [0.1, 0.15) is 11.4 Å². The molecule has 5 nitrogen and oxygen atoms in total.